The molecule has 0 amide bonds. The van der Waals surface area contributed by atoms with E-state index in [4.69, 9.17) is 0 Å². The van der Waals surface area contributed by atoms with Crippen molar-refractivity contribution >= 4 is 5.91 Å². The SMILES string of the molecule is Cc1ccc(C(=O)n2ccnc2)c(=O)[nH]1. The molecule has 0 radical (unpaired) electrons. The Morgan fingerprint density at radius 2 is 2.27 bits per heavy atom. The van der Waals surface area contributed by atoms with Crippen LogP contribution in [0.25, 0.3) is 0 Å². The lowest BCUT2D eigenvalue weighted by Gasteiger charge is -2.00. The number of pyridine rings is 1. The van der Waals surface area contributed by atoms with Crippen LogP contribution in [0.15, 0.2) is 35.6 Å². The summed E-state index contributed by atoms with van der Waals surface area (Å²) in [7, 11) is 0. The first-order valence-electron chi connectivity index (χ1n) is 4.41. The summed E-state index contributed by atoms with van der Waals surface area (Å²) >= 11 is 0. The fraction of sp³-hybridized carbons (Fsp3) is 0.100. The van der Waals surface area contributed by atoms with E-state index in [9.17, 15) is 9.59 Å². The van der Waals surface area contributed by atoms with E-state index in [2.05, 4.69) is 9.97 Å². The number of carbonyl (C=O) groups excluding carboxylic acids is 1. The monoisotopic (exact) mass is 203 g/mol. The summed E-state index contributed by atoms with van der Waals surface area (Å²) in [5, 5.41) is 0. The third-order valence-electron chi connectivity index (χ3n) is 2.02. The van der Waals surface area contributed by atoms with E-state index in [1.165, 1.54) is 29.4 Å². The van der Waals surface area contributed by atoms with Gasteiger partial charge in [-0.3, -0.25) is 14.2 Å². The average molecular weight is 203 g/mol. The molecule has 2 rings (SSSR count). The highest BCUT2D eigenvalue weighted by Crippen LogP contribution is 1.97. The van der Waals surface area contributed by atoms with Gasteiger partial charge in [-0.15, -0.1) is 0 Å². The van der Waals surface area contributed by atoms with Crippen molar-refractivity contribution in [3.8, 4) is 0 Å². The van der Waals surface area contributed by atoms with Crippen molar-refractivity contribution < 1.29 is 4.79 Å². The van der Waals surface area contributed by atoms with E-state index < -0.39 is 0 Å². The van der Waals surface area contributed by atoms with E-state index in [0.29, 0.717) is 0 Å². The fourth-order valence-electron chi connectivity index (χ4n) is 1.26. The number of H-pyrrole nitrogens is 1. The van der Waals surface area contributed by atoms with Crippen molar-refractivity contribution in [1.82, 2.24) is 14.5 Å². The zero-order valence-electron chi connectivity index (χ0n) is 8.10. The maximum absolute atomic E-state index is 11.7. The number of rotatable bonds is 1. The number of nitrogens with zero attached hydrogens (tertiary/aromatic N) is 2. The smallest absolute Gasteiger partial charge is 0.268 e. The van der Waals surface area contributed by atoms with E-state index >= 15 is 0 Å². The van der Waals surface area contributed by atoms with Crippen LogP contribution in [-0.2, 0) is 0 Å². The summed E-state index contributed by atoms with van der Waals surface area (Å²) in [5.74, 6) is -0.381. The molecule has 1 N–H and O–H groups in total. The summed E-state index contributed by atoms with van der Waals surface area (Å²) in [6.45, 7) is 1.76. The molecule has 0 unspecified atom stereocenters. The van der Waals surface area contributed by atoms with E-state index in [0.717, 1.165) is 5.69 Å². The first kappa shape index (κ1) is 9.39. The molecule has 0 saturated heterocycles. The van der Waals surface area contributed by atoms with Crippen molar-refractivity contribution in [2.75, 3.05) is 0 Å². The predicted octanol–water partition coefficient (Wildman–Crippen LogP) is 0.568. The summed E-state index contributed by atoms with van der Waals surface area (Å²) in [5.41, 5.74) is 0.453. The molecule has 0 atom stereocenters. The lowest BCUT2D eigenvalue weighted by molar-refractivity contribution is 0.0958. The molecule has 5 nitrogen and oxygen atoms in total. The van der Waals surface area contributed by atoms with Crippen LogP contribution in [-0.4, -0.2) is 20.4 Å². The highest BCUT2D eigenvalue weighted by atomic mass is 16.2. The van der Waals surface area contributed by atoms with Gasteiger partial charge in [-0.25, -0.2) is 4.98 Å². The topological polar surface area (TPSA) is 67.8 Å². The molecule has 76 valence electrons. The van der Waals surface area contributed by atoms with Gasteiger partial charge in [-0.1, -0.05) is 0 Å². The third kappa shape index (κ3) is 1.71. The van der Waals surface area contributed by atoms with E-state index in [1.54, 1.807) is 13.0 Å². The molecule has 0 saturated carbocycles. The number of aromatic nitrogens is 3. The quantitative estimate of drug-likeness (QED) is 0.736. The summed E-state index contributed by atoms with van der Waals surface area (Å²) in [4.78, 5) is 29.5. The summed E-state index contributed by atoms with van der Waals surface area (Å²) in [6.07, 6.45) is 4.35. The number of carbonyl (C=O) groups is 1. The number of imidazole rings is 1. The minimum absolute atomic E-state index is 0.110. The van der Waals surface area contributed by atoms with Gasteiger partial charge in [0, 0.05) is 18.1 Å². The van der Waals surface area contributed by atoms with Crippen molar-refractivity contribution in [3.63, 3.8) is 0 Å². The molecule has 0 fully saturated rings. The van der Waals surface area contributed by atoms with Gasteiger partial charge in [-0.2, -0.15) is 0 Å². The van der Waals surface area contributed by atoms with Crippen LogP contribution in [0.5, 0.6) is 0 Å². The largest absolute Gasteiger partial charge is 0.326 e. The Morgan fingerprint density at radius 3 is 2.87 bits per heavy atom. The highest BCUT2D eigenvalue weighted by Gasteiger charge is 2.11. The summed E-state index contributed by atoms with van der Waals surface area (Å²) < 4.78 is 1.26. The van der Waals surface area contributed by atoms with Crippen molar-refractivity contribution in [3.05, 3.63) is 52.5 Å². The Morgan fingerprint density at radius 1 is 1.47 bits per heavy atom. The number of hydrogen-bond acceptors (Lipinski definition) is 3. The van der Waals surface area contributed by atoms with Crippen LogP contribution in [0.3, 0.4) is 0 Å². The second-order valence-electron chi connectivity index (χ2n) is 3.16. The second-order valence-corrected chi connectivity index (χ2v) is 3.16. The van der Waals surface area contributed by atoms with Gasteiger partial charge >= 0.3 is 0 Å². The highest BCUT2D eigenvalue weighted by molar-refractivity contribution is 5.95. The van der Waals surface area contributed by atoms with E-state index in [-0.39, 0.29) is 17.0 Å². The molecule has 0 aliphatic rings. The Kier molecular flexibility index (Phi) is 2.21. The summed E-state index contributed by atoms with van der Waals surface area (Å²) in [6, 6.07) is 3.20. The molecule has 2 aromatic rings. The molecule has 0 aliphatic carbocycles. The van der Waals surface area contributed by atoms with Crippen molar-refractivity contribution in [2.24, 2.45) is 0 Å². The molecule has 2 heterocycles. The second kappa shape index (κ2) is 3.53. The van der Waals surface area contributed by atoms with Crippen molar-refractivity contribution in [2.45, 2.75) is 6.92 Å². The lowest BCUT2D eigenvalue weighted by atomic mass is 10.2. The lowest BCUT2D eigenvalue weighted by Crippen LogP contribution is -2.22. The van der Waals surface area contributed by atoms with Crippen LogP contribution in [0.2, 0.25) is 0 Å². The Hall–Kier alpha value is -2.17. The van der Waals surface area contributed by atoms with Gasteiger partial charge in [0.15, 0.2) is 0 Å². The molecule has 0 spiro atoms. The van der Waals surface area contributed by atoms with Crippen LogP contribution in [0, 0.1) is 6.92 Å². The number of aryl methyl sites for hydroxylation is 1. The average Bonchev–Trinajstić information content (AvgIpc) is 2.69. The molecule has 2 aromatic heterocycles. The molecule has 5 heteroatoms. The van der Waals surface area contributed by atoms with Crippen molar-refractivity contribution in [1.29, 1.82) is 0 Å². The molecule has 0 aromatic carbocycles. The number of nitrogens with one attached hydrogen (secondary N) is 1. The fourth-order valence-corrected chi connectivity index (χ4v) is 1.26. The molecule has 15 heavy (non-hydrogen) atoms. The standard InChI is InChI=1S/C10H9N3O2/c1-7-2-3-8(9(14)12-7)10(15)13-5-4-11-6-13/h2-6H,1H3,(H,12,14). The molecular formula is C10H9N3O2. The van der Waals surface area contributed by atoms with Gasteiger partial charge in [0.1, 0.15) is 11.9 Å². The normalized spacial score (nSPS) is 10.2. The molecule has 0 aliphatic heterocycles. The Bertz CT molecular complexity index is 540. The third-order valence-corrected chi connectivity index (χ3v) is 2.02. The van der Waals surface area contributed by atoms with Crippen LogP contribution < -0.4 is 5.56 Å². The minimum atomic E-state index is -0.381. The van der Waals surface area contributed by atoms with Gasteiger partial charge in [-0.05, 0) is 19.1 Å². The number of hydrogen-bond donors (Lipinski definition) is 1. The van der Waals surface area contributed by atoms with Gasteiger partial charge in [0.05, 0.1) is 0 Å². The minimum Gasteiger partial charge on any atom is -0.326 e. The first-order valence-corrected chi connectivity index (χ1v) is 4.41. The Labute approximate surface area is 85.4 Å². The first-order chi connectivity index (χ1) is 7.18. The van der Waals surface area contributed by atoms with Crippen LogP contribution >= 0.6 is 0 Å². The van der Waals surface area contributed by atoms with E-state index in [1.807, 2.05) is 0 Å². The zero-order chi connectivity index (χ0) is 10.8. The maximum Gasteiger partial charge on any atom is 0.268 e. The zero-order valence-corrected chi connectivity index (χ0v) is 8.10. The van der Waals surface area contributed by atoms with Crippen LogP contribution in [0.1, 0.15) is 16.1 Å². The molecular weight excluding hydrogens is 194 g/mol. The maximum atomic E-state index is 11.7. The Balaban J connectivity index is 2.47. The van der Waals surface area contributed by atoms with Gasteiger partial charge < -0.3 is 4.98 Å². The number of aromatic amines is 1. The van der Waals surface area contributed by atoms with Gasteiger partial charge in [0.25, 0.3) is 11.5 Å². The molecule has 0 bridgehead atoms. The van der Waals surface area contributed by atoms with Gasteiger partial charge in [0.2, 0.25) is 0 Å². The predicted molar refractivity (Wildman–Crippen MR) is 53.8 cm³/mol. The van der Waals surface area contributed by atoms with Crippen LogP contribution in [0.4, 0.5) is 0 Å².